The van der Waals surface area contributed by atoms with Gasteiger partial charge in [-0.1, -0.05) is 36.0 Å². The largest absolute Gasteiger partial charge is 0.484 e. The van der Waals surface area contributed by atoms with Crippen molar-refractivity contribution in [1.82, 2.24) is 30.0 Å². The van der Waals surface area contributed by atoms with Crippen LogP contribution in [0.1, 0.15) is 11.1 Å². The lowest BCUT2D eigenvalue weighted by Crippen LogP contribution is -2.44. The molecule has 0 unspecified atom stereocenters. The number of hydrogen-bond donors (Lipinski definition) is 2. The van der Waals surface area contributed by atoms with Gasteiger partial charge in [-0.25, -0.2) is 0 Å². The molecule has 0 saturated heterocycles. The van der Waals surface area contributed by atoms with Crippen LogP contribution in [0.2, 0.25) is 0 Å². The van der Waals surface area contributed by atoms with Gasteiger partial charge in [0.05, 0.1) is 16.7 Å². The SMILES string of the molecule is C=CCn1c(=O)c2ccccc2n2c(SCC(=O)NNC(=O)COc3ccc(C)c(C)c3)nnc12. The predicted octanol–water partition coefficient (Wildman–Crippen LogP) is 2.17. The quantitative estimate of drug-likeness (QED) is 0.220. The molecule has 0 fully saturated rings. The summed E-state index contributed by atoms with van der Waals surface area (Å²) in [7, 11) is 0. The predicted molar refractivity (Wildman–Crippen MR) is 133 cm³/mol. The summed E-state index contributed by atoms with van der Waals surface area (Å²) >= 11 is 1.13. The summed E-state index contributed by atoms with van der Waals surface area (Å²) in [6, 6.07) is 12.7. The zero-order valence-electron chi connectivity index (χ0n) is 19.3. The second-order valence-corrected chi connectivity index (χ2v) is 8.70. The molecule has 0 saturated carbocycles. The fraction of sp³-hybridized carbons (Fsp3) is 0.208. The number of nitrogens with one attached hydrogen (secondary N) is 2. The van der Waals surface area contributed by atoms with E-state index in [0.717, 1.165) is 22.9 Å². The van der Waals surface area contributed by atoms with E-state index >= 15 is 0 Å². The summed E-state index contributed by atoms with van der Waals surface area (Å²) in [5.74, 6) is -0.0308. The molecule has 0 aliphatic rings. The van der Waals surface area contributed by atoms with Gasteiger partial charge in [-0.3, -0.25) is 34.2 Å². The van der Waals surface area contributed by atoms with Crippen molar-refractivity contribution < 1.29 is 14.3 Å². The lowest BCUT2D eigenvalue weighted by molar-refractivity contribution is -0.128. The molecule has 0 atom stereocenters. The maximum absolute atomic E-state index is 12.8. The third-order valence-electron chi connectivity index (χ3n) is 5.31. The normalized spacial score (nSPS) is 10.9. The Morgan fingerprint density at radius 3 is 2.63 bits per heavy atom. The first-order valence-electron chi connectivity index (χ1n) is 10.8. The van der Waals surface area contributed by atoms with E-state index in [9.17, 15) is 14.4 Å². The van der Waals surface area contributed by atoms with Gasteiger partial charge in [-0.15, -0.1) is 16.8 Å². The molecule has 180 valence electrons. The van der Waals surface area contributed by atoms with Crippen molar-refractivity contribution >= 4 is 40.3 Å². The number of aryl methyl sites for hydroxylation is 2. The van der Waals surface area contributed by atoms with Crippen LogP contribution in [0.25, 0.3) is 16.7 Å². The Morgan fingerprint density at radius 2 is 1.86 bits per heavy atom. The molecule has 2 N–H and O–H groups in total. The van der Waals surface area contributed by atoms with Gasteiger partial charge in [0.2, 0.25) is 11.7 Å². The zero-order chi connectivity index (χ0) is 24.9. The van der Waals surface area contributed by atoms with Gasteiger partial charge in [0.1, 0.15) is 5.75 Å². The second kappa shape index (κ2) is 10.4. The number of thioether (sulfide) groups is 1. The average molecular weight is 493 g/mol. The van der Waals surface area contributed by atoms with Gasteiger partial charge in [-0.05, 0) is 49.2 Å². The first kappa shape index (κ1) is 24.0. The van der Waals surface area contributed by atoms with Crippen LogP contribution < -0.4 is 21.1 Å². The van der Waals surface area contributed by atoms with E-state index in [1.54, 1.807) is 34.7 Å². The number of amides is 2. The van der Waals surface area contributed by atoms with E-state index in [-0.39, 0.29) is 24.5 Å². The molecule has 2 amide bonds. The van der Waals surface area contributed by atoms with Gasteiger partial charge in [0.15, 0.2) is 11.8 Å². The summed E-state index contributed by atoms with van der Waals surface area (Å²) in [6.45, 7) is 7.68. The maximum Gasteiger partial charge on any atom is 0.276 e. The number of nitrogens with zero attached hydrogens (tertiary/aromatic N) is 4. The lowest BCUT2D eigenvalue weighted by Gasteiger charge is -2.10. The number of fused-ring (bicyclic) bond motifs is 3. The molecule has 4 rings (SSSR count). The highest BCUT2D eigenvalue weighted by Crippen LogP contribution is 2.21. The highest BCUT2D eigenvalue weighted by atomic mass is 32.2. The number of rotatable bonds is 8. The molecule has 35 heavy (non-hydrogen) atoms. The average Bonchev–Trinajstić information content (AvgIpc) is 3.28. The first-order chi connectivity index (χ1) is 16.9. The van der Waals surface area contributed by atoms with Gasteiger partial charge in [0.25, 0.3) is 11.5 Å². The number of benzene rings is 2. The standard InChI is InChI=1S/C24H24N6O4S/c1-4-11-29-22(33)18-7-5-6-8-19(18)30-23(29)27-28-24(30)35-14-21(32)26-25-20(31)13-34-17-10-9-15(2)16(3)12-17/h4-10,12H,1,11,13-14H2,2-3H3,(H,25,31)(H,26,32). The Morgan fingerprint density at radius 1 is 1.09 bits per heavy atom. The number of aromatic nitrogens is 4. The summed E-state index contributed by atoms with van der Waals surface area (Å²) in [5, 5.41) is 9.26. The molecule has 0 bridgehead atoms. The molecule has 10 nitrogen and oxygen atoms in total. The van der Waals surface area contributed by atoms with Crippen LogP contribution >= 0.6 is 11.8 Å². The molecule has 4 aromatic rings. The third-order valence-corrected chi connectivity index (χ3v) is 6.24. The van der Waals surface area contributed by atoms with Crippen LogP contribution in [-0.4, -0.2) is 43.3 Å². The first-order valence-corrected chi connectivity index (χ1v) is 11.8. The molecule has 2 aromatic heterocycles. The van der Waals surface area contributed by atoms with Crippen LogP contribution in [0.4, 0.5) is 0 Å². The summed E-state index contributed by atoms with van der Waals surface area (Å²) in [6.07, 6.45) is 1.61. The number of hydrogen-bond acceptors (Lipinski definition) is 7. The fourth-order valence-electron chi connectivity index (χ4n) is 3.41. The number of para-hydroxylation sites is 1. The van der Waals surface area contributed by atoms with Crippen molar-refractivity contribution in [2.75, 3.05) is 12.4 Å². The van der Waals surface area contributed by atoms with E-state index < -0.39 is 11.8 Å². The smallest absolute Gasteiger partial charge is 0.276 e. The Balaban J connectivity index is 1.39. The van der Waals surface area contributed by atoms with E-state index in [4.69, 9.17) is 4.74 Å². The van der Waals surface area contributed by atoms with Crippen LogP contribution in [0, 0.1) is 13.8 Å². The Labute approximate surface area is 205 Å². The summed E-state index contributed by atoms with van der Waals surface area (Å²) in [4.78, 5) is 37.2. The number of allylic oxidation sites excluding steroid dienone is 1. The highest BCUT2D eigenvalue weighted by molar-refractivity contribution is 7.99. The molecule has 0 radical (unpaired) electrons. The molecule has 0 aliphatic carbocycles. The third kappa shape index (κ3) is 5.19. The Kier molecular flexibility index (Phi) is 7.16. The fourth-order valence-corrected chi connectivity index (χ4v) is 4.16. The summed E-state index contributed by atoms with van der Waals surface area (Å²) in [5.41, 5.74) is 7.33. The van der Waals surface area contributed by atoms with Gasteiger partial charge < -0.3 is 4.74 Å². The summed E-state index contributed by atoms with van der Waals surface area (Å²) < 4.78 is 8.66. The van der Waals surface area contributed by atoms with Crippen LogP contribution in [0.3, 0.4) is 0 Å². The molecule has 2 heterocycles. The van der Waals surface area contributed by atoms with Crippen molar-refractivity contribution in [3.63, 3.8) is 0 Å². The van der Waals surface area contributed by atoms with Gasteiger partial charge >= 0.3 is 0 Å². The number of carbonyl (C=O) groups excluding carboxylic acids is 2. The number of hydrazine groups is 1. The van der Waals surface area contributed by atoms with Crippen molar-refractivity contribution in [3.05, 3.63) is 76.6 Å². The Hall–Kier alpha value is -4.12. The number of carbonyl (C=O) groups is 2. The minimum absolute atomic E-state index is 0.0337. The lowest BCUT2D eigenvalue weighted by atomic mass is 10.1. The minimum Gasteiger partial charge on any atom is -0.484 e. The van der Waals surface area contributed by atoms with Crippen molar-refractivity contribution in [2.24, 2.45) is 0 Å². The molecular formula is C24H24N6O4S. The Bertz CT molecular complexity index is 1490. The van der Waals surface area contributed by atoms with E-state index in [2.05, 4.69) is 27.6 Å². The molecular weight excluding hydrogens is 468 g/mol. The molecule has 0 aliphatic heterocycles. The van der Waals surface area contributed by atoms with Gasteiger partial charge in [-0.2, -0.15) is 0 Å². The van der Waals surface area contributed by atoms with Crippen LogP contribution in [-0.2, 0) is 16.1 Å². The number of ether oxygens (including phenoxy) is 1. The second-order valence-electron chi connectivity index (χ2n) is 7.76. The zero-order valence-corrected chi connectivity index (χ0v) is 20.1. The van der Waals surface area contributed by atoms with E-state index in [1.807, 2.05) is 32.0 Å². The van der Waals surface area contributed by atoms with Crippen LogP contribution in [0.5, 0.6) is 5.75 Å². The minimum atomic E-state index is -0.492. The van der Waals surface area contributed by atoms with Crippen LogP contribution in [0.15, 0.2) is 65.1 Å². The topological polar surface area (TPSA) is 120 Å². The van der Waals surface area contributed by atoms with E-state index in [1.165, 1.54) is 4.57 Å². The van der Waals surface area contributed by atoms with Crippen molar-refractivity contribution in [1.29, 1.82) is 0 Å². The highest BCUT2D eigenvalue weighted by Gasteiger charge is 2.17. The monoisotopic (exact) mass is 492 g/mol. The van der Waals surface area contributed by atoms with Crippen molar-refractivity contribution in [3.8, 4) is 5.75 Å². The molecule has 11 heteroatoms. The van der Waals surface area contributed by atoms with Gasteiger partial charge in [0, 0.05) is 6.54 Å². The molecule has 0 spiro atoms. The molecule has 2 aromatic carbocycles. The van der Waals surface area contributed by atoms with E-state index in [0.29, 0.717) is 27.6 Å². The maximum atomic E-state index is 12.8. The van der Waals surface area contributed by atoms with Crippen molar-refractivity contribution in [2.45, 2.75) is 25.5 Å².